The number of thioether (sulfide) groups is 1. The minimum absolute atomic E-state index is 0.152. The molecule has 2 heterocycles. The van der Waals surface area contributed by atoms with Crippen LogP contribution in [-0.4, -0.2) is 52.3 Å². The first-order chi connectivity index (χ1) is 15.0. The molecule has 9 heteroatoms. The zero-order valence-corrected chi connectivity index (χ0v) is 19.3. The van der Waals surface area contributed by atoms with Crippen LogP contribution in [0.25, 0.3) is 10.9 Å². The summed E-state index contributed by atoms with van der Waals surface area (Å²) >= 11 is 13.5. The SMILES string of the molecule is C[C@@H](Sc1nc(CN2CCOCC2)nc2ccccc12)C(=O)Nc1cc(Cl)cc(Cl)c1. The van der Waals surface area contributed by atoms with E-state index < -0.39 is 0 Å². The summed E-state index contributed by atoms with van der Waals surface area (Å²) in [4.78, 5) is 24.6. The topological polar surface area (TPSA) is 67.3 Å². The maximum absolute atomic E-state index is 12.8. The van der Waals surface area contributed by atoms with Crippen molar-refractivity contribution in [1.29, 1.82) is 0 Å². The van der Waals surface area contributed by atoms with Crippen molar-refractivity contribution < 1.29 is 9.53 Å². The summed E-state index contributed by atoms with van der Waals surface area (Å²) in [7, 11) is 0. The molecular formula is C22H22Cl2N4O2S. The highest BCUT2D eigenvalue weighted by atomic mass is 35.5. The molecule has 6 nitrogen and oxygen atoms in total. The summed E-state index contributed by atoms with van der Waals surface area (Å²) in [6.07, 6.45) is 0. The van der Waals surface area contributed by atoms with E-state index in [0.717, 1.165) is 48.1 Å². The van der Waals surface area contributed by atoms with Crippen molar-refractivity contribution in [3.63, 3.8) is 0 Å². The molecule has 0 aliphatic carbocycles. The highest BCUT2D eigenvalue weighted by molar-refractivity contribution is 8.00. The van der Waals surface area contributed by atoms with Crippen LogP contribution < -0.4 is 5.32 Å². The molecule has 0 spiro atoms. The first-order valence-corrected chi connectivity index (χ1v) is 11.6. The molecule has 162 valence electrons. The Bertz CT molecular complexity index is 1070. The highest BCUT2D eigenvalue weighted by Gasteiger charge is 2.20. The van der Waals surface area contributed by atoms with Crippen LogP contribution in [0.5, 0.6) is 0 Å². The van der Waals surface area contributed by atoms with E-state index in [0.29, 0.717) is 22.3 Å². The number of para-hydroxylation sites is 1. The van der Waals surface area contributed by atoms with E-state index in [1.165, 1.54) is 11.8 Å². The summed E-state index contributed by atoms with van der Waals surface area (Å²) in [5, 5.41) is 5.16. The van der Waals surface area contributed by atoms with Crippen molar-refractivity contribution in [2.24, 2.45) is 0 Å². The van der Waals surface area contributed by atoms with Crippen LogP contribution in [0.15, 0.2) is 47.5 Å². The van der Waals surface area contributed by atoms with Gasteiger partial charge in [-0.25, -0.2) is 9.97 Å². The molecule has 1 atom stereocenters. The van der Waals surface area contributed by atoms with Crippen molar-refractivity contribution in [3.05, 3.63) is 58.3 Å². The van der Waals surface area contributed by atoms with Crippen LogP contribution >= 0.6 is 35.0 Å². The first kappa shape index (κ1) is 22.3. The predicted octanol–water partition coefficient (Wildman–Crippen LogP) is 4.89. The van der Waals surface area contributed by atoms with Gasteiger partial charge in [-0.3, -0.25) is 9.69 Å². The molecule has 1 fully saturated rings. The van der Waals surface area contributed by atoms with Crippen molar-refractivity contribution >= 4 is 57.5 Å². The number of anilines is 1. The summed E-state index contributed by atoms with van der Waals surface area (Å²) in [6, 6.07) is 12.8. The Morgan fingerprint density at radius 2 is 1.87 bits per heavy atom. The van der Waals surface area contributed by atoms with E-state index in [4.69, 9.17) is 37.9 Å². The third-order valence-electron chi connectivity index (χ3n) is 4.87. The van der Waals surface area contributed by atoms with Crippen LogP contribution in [0.4, 0.5) is 5.69 Å². The number of halogens is 2. The van der Waals surface area contributed by atoms with E-state index in [2.05, 4.69) is 10.2 Å². The second-order valence-corrected chi connectivity index (χ2v) is 9.46. The summed E-state index contributed by atoms with van der Waals surface area (Å²) < 4.78 is 5.43. The Morgan fingerprint density at radius 1 is 1.16 bits per heavy atom. The van der Waals surface area contributed by atoms with Crippen LogP contribution in [0.2, 0.25) is 10.0 Å². The van der Waals surface area contributed by atoms with Gasteiger partial charge in [0, 0.05) is 34.2 Å². The lowest BCUT2D eigenvalue weighted by atomic mass is 10.2. The van der Waals surface area contributed by atoms with Gasteiger partial charge in [0.1, 0.15) is 10.9 Å². The van der Waals surface area contributed by atoms with Gasteiger partial charge in [-0.15, -0.1) is 0 Å². The minimum atomic E-state index is -0.382. The Balaban J connectivity index is 1.53. The van der Waals surface area contributed by atoms with Crippen molar-refractivity contribution in [2.75, 3.05) is 31.6 Å². The highest BCUT2D eigenvalue weighted by Crippen LogP contribution is 2.30. The van der Waals surface area contributed by atoms with Gasteiger partial charge < -0.3 is 10.1 Å². The zero-order chi connectivity index (χ0) is 21.8. The fourth-order valence-corrected chi connectivity index (χ4v) is 4.79. The average Bonchev–Trinajstić information content (AvgIpc) is 2.73. The first-order valence-electron chi connectivity index (χ1n) is 9.97. The molecule has 4 rings (SSSR count). The second kappa shape index (κ2) is 10.1. The number of amides is 1. The van der Waals surface area contributed by atoms with Crippen LogP contribution in [0, 0.1) is 0 Å². The Kier molecular flexibility index (Phi) is 7.30. The largest absolute Gasteiger partial charge is 0.379 e. The van der Waals surface area contributed by atoms with Gasteiger partial charge >= 0.3 is 0 Å². The smallest absolute Gasteiger partial charge is 0.237 e. The molecule has 1 aliphatic heterocycles. The van der Waals surface area contributed by atoms with E-state index in [-0.39, 0.29) is 11.2 Å². The van der Waals surface area contributed by atoms with Crippen LogP contribution in [-0.2, 0) is 16.1 Å². The number of rotatable bonds is 6. The van der Waals surface area contributed by atoms with E-state index in [1.54, 1.807) is 18.2 Å². The van der Waals surface area contributed by atoms with E-state index in [9.17, 15) is 4.79 Å². The number of hydrogen-bond acceptors (Lipinski definition) is 6. The number of hydrogen-bond donors (Lipinski definition) is 1. The average molecular weight is 477 g/mol. The lowest BCUT2D eigenvalue weighted by molar-refractivity contribution is -0.115. The number of nitrogens with one attached hydrogen (secondary N) is 1. The van der Waals surface area contributed by atoms with Crippen LogP contribution in [0.3, 0.4) is 0 Å². The fourth-order valence-electron chi connectivity index (χ4n) is 3.30. The molecule has 0 bridgehead atoms. The molecule has 2 aromatic carbocycles. The predicted molar refractivity (Wildman–Crippen MR) is 126 cm³/mol. The lowest BCUT2D eigenvalue weighted by Gasteiger charge is -2.26. The van der Waals surface area contributed by atoms with Gasteiger partial charge in [-0.2, -0.15) is 0 Å². The maximum Gasteiger partial charge on any atom is 0.237 e. The third-order valence-corrected chi connectivity index (χ3v) is 6.41. The van der Waals surface area contributed by atoms with Gasteiger partial charge in [-0.1, -0.05) is 53.2 Å². The van der Waals surface area contributed by atoms with Crippen LogP contribution in [0.1, 0.15) is 12.7 Å². The number of carbonyl (C=O) groups excluding carboxylic acids is 1. The molecule has 0 saturated carbocycles. The van der Waals surface area contributed by atoms with Crippen molar-refractivity contribution in [1.82, 2.24) is 14.9 Å². The molecule has 31 heavy (non-hydrogen) atoms. The van der Waals surface area contributed by atoms with Crippen molar-refractivity contribution in [3.8, 4) is 0 Å². The number of morpholine rings is 1. The lowest BCUT2D eigenvalue weighted by Crippen LogP contribution is -2.36. The van der Waals surface area contributed by atoms with E-state index >= 15 is 0 Å². The number of ether oxygens (including phenoxy) is 1. The van der Waals surface area contributed by atoms with Gasteiger partial charge in [0.15, 0.2) is 0 Å². The van der Waals surface area contributed by atoms with Gasteiger partial charge in [-0.05, 0) is 31.2 Å². The zero-order valence-electron chi connectivity index (χ0n) is 17.0. The molecule has 1 amide bonds. The summed E-state index contributed by atoms with van der Waals surface area (Å²) in [5.41, 5.74) is 1.44. The number of benzene rings is 2. The minimum Gasteiger partial charge on any atom is -0.379 e. The summed E-state index contributed by atoms with van der Waals surface area (Å²) in [5.74, 6) is 0.595. The normalized spacial score (nSPS) is 15.7. The maximum atomic E-state index is 12.8. The van der Waals surface area contributed by atoms with Gasteiger partial charge in [0.25, 0.3) is 0 Å². The number of carbonyl (C=O) groups is 1. The monoisotopic (exact) mass is 476 g/mol. The number of aromatic nitrogens is 2. The quantitative estimate of drug-likeness (QED) is 0.403. The Morgan fingerprint density at radius 3 is 2.61 bits per heavy atom. The standard InChI is InChI=1S/C22H22Cl2N4O2S/c1-14(21(29)25-17-11-15(23)10-16(24)12-17)31-22-18-4-2-3-5-19(18)26-20(27-22)13-28-6-8-30-9-7-28/h2-5,10-12,14H,6-9,13H2,1H3,(H,25,29)/t14-/m1/s1. The number of fused-ring (bicyclic) bond motifs is 1. The van der Waals surface area contributed by atoms with Crippen molar-refractivity contribution in [2.45, 2.75) is 23.7 Å². The molecule has 1 aromatic heterocycles. The molecule has 1 N–H and O–H groups in total. The third kappa shape index (κ3) is 5.87. The van der Waals surface area contributed by atoms with Gasteiger partial charge in [0.2, 0.25) is 5.91 Å². The Labute approximate surface area is 195 Å². The molecule has 1 saturated heterocycles. The Hall–Kier alpha value is -1.90. The molecule has 0 radical (unpaired) electrons. The molecule has 1 aliphatic rings. The fraction of sp³-hybridized carbons (Fsp3) is 0.318. The molecule has 3 aromatic rings. The number of nitrogens with zero attached hydrogens (tertiary/aromatic N) is 3. The summed E-state index contributed by atoms with van der Waals surface area (Å²) in [6.45, 7) is 5.67. The molecule has 0 unspecified atom stereocenters. The molecular weight excluding hydrogens is 455 g/mol. The van der Waals surface area contributed by atoms with E-state index in [1.807, 2.05) is 31.2 Å². The van der Waals surface area contributed by atoms with Gasteiger partial charge in [0.05, 0.1) is 30.5 Å². The second-order valence-electron chi connectivity index (χ2n) is 7.26.